The van der Waals surface area contributed by atoms with Gasteiger partial charge in [0.15, 0.2) is 0 Å². The van der Waals surface area contributed by atoms with E-state index in [0.717, 1.165) is 24.3 Å². The number of nitrogens with one attached hydrogen (secondary N) is 1. The van der Waals surface area contributed by atoms with E-state index in [1.165, 1.54) is 0 Å². The van der Waals surface area contributed by atoms with Crippen LogP contribution in [0.1, 0.15) is 12.5 Å². The lowest BCUT2D eigenvalue weighted by molar-refractivity contribution is 0.367. The molecule has 0 aliphatic rings. The van der Waals surface area contributed by atoms with E-state index in [0.29, 0.717) is 0 Å². The van der Waals surface area contributed by atoms with Crippen LogP contribution in [0.5, 0.6) is 0 Å². The highest BCUT2D eigenvalue weighted by Gasteiger charge is 2.25. The third kappa shape index (κ3) is 4.23. The van der Waals surface area contributed by atoms with Gasteiger partial charge in [0, 0.05) is 32.9 Å². The van der Waals surface area contributed by atoms with E-state index in [-0.39, 0.29) is 0 Å². The largest absolute Gasteiger partial charge is 0.378 e. The van der Waals surface area contributed by atoms with E-state index in [1.807, 2.05) is 64.3 Å². The molecule has 1 aromatic carbocycles. The highest BCUT2D eigenvalue weighted by atomic mass is 15.1. The van der Waals surface area contributed by atoms with Gasteiger partial charge in [0.25, 0.3) is 0 Å². The maximum absolute atomic E-state index is 9.45. The Bertz CT molecular complexity index is 430. The third-order valence-electron chi connectivity index (χ3n) is 3.22. The second kappa shape index (κ2) is 6.55. The molecule has 0 saturated carbocycles. The highest BCUT2D eigenvalue weighted by molar-refractivity contribution is 5.48. The zero-order valence-corrected chi connectivity index (χ0v) is 12.6. The number of hydrogen-bond acceptors (Lipinski definition) is 4. The molecule has 4 nitrogen and oxygen atoms in total. The van der Waals surface area contributed by atoms with Crippen LogP contribution >= 0.6 is 0 Å². The number of rotatable bonds is 6. The average Bonchev–Trinajstić information content (AvgIpc) is 2.38. The van der Waals surface area contributed by atoms with E-state index < -0.39 is 5.54 Å². The Morgan fingerprint density at radius 2 is 1.74 bits per heavy atom. The number of nitriles is 1. The number of anilines is 1. The molecule has 104 valence electrons. The first-order chi connectivity index (χ1) is 8.89. The molecule has 0 aromatic heterocycles. The Hall–Kier alpha value is -1.57. The molecule has 1 N–H and O–H groups in total. The minimum Gasteiger partial charge on any atom is -0.378 e. The van der Waals surface area contributed by atoms with Gasteiger partial charge in [-0.2, -0.15) is 5.26 Å². The van der Waals surface area contributed by atoms with E-state index in [2.05, 4.69) is 16.3 Å². The minimum absolute atomic E-state index is 0.638. The van der Waals surface area contributed by atoms with Crippen LogP contribution in [-0.2, 0) is 5.54 Å². The van der Waals surface area contributed by atoms with Crippen LogP contribution in [0.15, 0.2) is 24.3 Å². The smallest absolute Gasteiger partial charge is 0.129 e. The molecule has 1 aromatic rings. The summed E-state index contributed by atoms with van der Waals surface area (Å²) in [6.45, 7) is 3.62. The summed E-state index contributed by atoms with van der Waals surface area (Å²) < 4.78 is 0. The lowest BCUT2D eigenvalue weighted by Gasteiger charge is -2.25. The van der Waals surface area contributed by atoms with Crippen molar-refractivity contribution >= 4 is 5.69 Å². The van der Waals surface area contributed by atoms with Crippen LogP contribution in [0.25, 0.3) is 0 Å². The van der Waals surface area contributed by atoms with Gasteiger partial charge in [0.1, 0.15) is 5.54 Å². The van der Waals surface area contributed by atoms with E-state index >= 15 is 0 Å². The second-order valence-electron chi connectivity index (χ2n) is 5.41. The van der Waals surface area contributed by atoms with Gasteiger partial charge in [0.05, 0.1) is 6.07 Å². The standard InChI is InChI=1S/C15H24N4/c1-15(12-16,17-10-11-18(2)3)13-6-8-14(9-7-13)19(4)5/h6-9,17H,10-11H2,1-5H3. The van der Waals surface area contributed by atoms with Crippen molar-refractivity contribution in [2.24, 2.45) is 0 Å². The maximum Gasteiger partial charge on any atom is 0.129 e. The van der Waals surface area contributed by atoms with Crippen LogP contribution in [-0.4, -0.2) is 46.2 Å². The summed E-state index contributed by atoms with van der Waals surface area (Å²) in [6, 6.07) is 10.5. The van der Waals surface area contributed by atoms with Crippen LogP contribution in [0.3, 0.4) is 0 Å². The van der Waals surface area contributed by atoms with Gasteiger partial charge in [-0.3, -0.25) is 5.32 Å². The predicted molar refractivity (Wildman–Crippen MR) is 80.3 cm³/mol. The van der Waals surface area contributed by atoms with Gasteiger partial charge in [-0.1, -0.05) is 12.1 Å². The Labute approximate surface area is 116 Å². The predicted octanol–water partition coefficient (Wildman–Crippen LogP) is 1.64. The van der Waals surface area contributed by atoms with Crippen molar-refractivity contribution in [3.8, 4) is 6.07 Å². The molecule has 0 heterocycles. The molecule has 1 rings (SSSR count). The Balaban J connectivity index is 2.80. The zero-order valence-electron chi connectivity index (χ0n) is 12.6. The lowest BCUT2D eigenvalue weighted by Crippen LogP contribution is -2.41. The SMILES string of the molecule is CN(C)CCNC(C)(C#N)c1ccc(N(C)C)cc1. The van der Waals surface area contributed by atoms with Gasteiger partial charge in [-0.25, -0.2) is 0 Å². The third-order valence-corrected chi connectivity index (χ3v) is 3.22. The Morgan fingerprint density at radius 1 is 1.16 bits per heavy atom. The first kappa shape index (κ1) is 15.5. The monoisotopic (exact) mass is 260 g/mol. The molecule has 0 radical (unpaired) electrons. The van der Waals surface area contributed by atoms with Crippen molar-refractivity contribution in [3.05, 3.63) is 29.8 Å². The fraction of sp³-hybridized carbons (Fsp3) is 0.533. The topological polar surface area (TPSA) is 42.3 Å². The summed E-state index contributed by atoms with van der Waals surface area (Å²) in [6.07, 6.45) is 0. The summed E-state index contributed by atoms with van der Waals surface area (Å²) in [5, 5.41) is 12.8. The molecule has 1 unspecified atom stereocenters. The molecule has 0 bridgehead atoms. The van der Waals surface area contributed by atoms with Gasteiger partial charge < -0.3 is 9.80 Å². The number of nitrogens with zero attached hydrogens (tertiary/aromatic N) is 3. The van der Waals surface area contributed by atoms with Crippen molar-refractivity contribution < 1.29 is 0 Å². The summed E-state index contributed by atoms with van der Waals surface area (Å²) in [5.74, 6) is 0. The van der Waals surface area contributed by atoms with Crippen molar-refractivity contribution in [2.45, 2.75) is 12.5 Å². The molecule has 1 atom stereocenters. The minimum atomic E-state index is -0.638. The van der Waals surface area contributed by atoms with Gasteiger partial charge >= 0.3 is 0 Å². The number of benzene rings is 1. The average molecular weight is 260 g/mol. The van der Waals surface area contributed by atoms with Gasteiger partial charge in [0.2, 0.25) is 0 Å². The van der Waals surface area contributed by atoms with E-state index in [4.69, 9.17) is 0 Å². The Morgan fingerprint density at radius 3 is 2.16 bits per heavy atom. The molecule has 19 heavy (non-hydrogen) atoms. The van der Waals surface area contributed by atoms with Gasteiger partial charge in [-0.05, 0) is 38.7 Å². The molecule has 0 amide bonds. The summed E-state index contributed by atoms with van der Waals surface area (Å²) >= 11 is 0. The molecule has 0 saturated heterocycles. The van der Waals surface area contributed by atoms with Crippen LogP contribution in [0.2, 0.25) is 0 Å². The molecule has 0 spiro atoms. The fourth-order valence-corrected chi connectivity index (χ4v) is 1.83. The number of likely N-dealkylation sites (N-methyl/N-ethyl adjacent to an activating group) is 1. The van der Waals surface area contributed by atoms with Crippen molar-refractivity contribution in [3.63, 3.8) is 0 Å². The maximum atomic E-state index is 9.45. The molecule has 0 aliphatic carbocycles. The molecular weight excluding hydrogens is 236 g/mol. The molecule has 0 aliphatic heterocycles. The van der Waals surface area contributed by atoms with E-state index in [1.54, 1.807) is 0 Å². The quantitative estimate of drug-likeness (QED) is 0.844. The first-order valence-electron chi connectivity index (χ1n) is 6.48. The van der Waals surface area contributed by atoms with Crippen molar-refractivity contribution in [1.82, 2.24) is 10.2 Å². The van der Waals surface area contributed by atoms with E-state index in [9.17, 15) is 5.26 Å². The second-order valence-corrected chi connectivity index (χ2v) is 5.41. The van der Waals surface area contributed by atoms with Crippen LogP contribution < -0.4 is 10.2 Å². The highest BCUT2D eigenvalue weighted by Crippen LogP contribution is 2.22. The number of hydrogen-bond donors (Lipinski definition) is 1. The zero-order chi connectivity index (χ0) is 14.5. The molecule has 0 fully saturated rings. The molecule has 4 heteroatoms. The molecular formula is C15H24N4. The van der Waals surface area contributed by atoms with Crippen LogP contribution in [0, 0.1) is 11.3 Å². The Kier molecular flexibility index (Phi) is 5.34. The normalized spacial score (nSPS) is 13.9. The summed E-state index contributed by atoms with van der Waals surface area (Å²) in [5.41, 5.74) is 1.50. The summed E-state index contributed by atoms with van der Waals surface area (Å²) in [4.78, 5) is 4.15. The first-order valence-corrected chi connectivity index (χ1v) is 6.48. The van der Waals surface area contributed by atoms with Crippen molar-refractivity contribution in [1.29, 1.82) is 5.26 Å². The lowest BCUT2D eigenvalue weighted by atomic mass is 9.93. The summed E-state index contributed by atoms with van der Waals surface area (Å²) in [7, 11) is 8.07. The van der Waals surface area contributed by atoms with Crippen LogP contribution in [0.4, 0.5) is 5.69 Å². The fourth-order valence-electron chi connectivity index (χ4n) is 1.83. The van der Waals surface area contributed by atoms with Gasteiger partial charge in [-0.15, -0.1) is 0 Å². The van der Waals surface area contributed by atoms with Crippen molar-refractivity contribution in [2.75, 3.05) is 46.2 Å².